The van der Waals surface area contributed by atoms with Crippen molar-refractivity contribution in [3.63, 3.8) is 0 Å². The van der Waals surface area contributed by atoms with Gasteiger partial charge in [0, 0.05) is 32.4 Å². The maximum atomic E-state index is 13.4. The van der Waals surface area contributed by atoms with Gasteiger partial charge in [-0.25, -0.2) is 9.59 Å². The number of aliphatic carboxylic acids is 1. The lowest BCUT2D eigenvalue weighted by Crippen LogP contribution is -2.63. The summed E-state index contributed by atoms with van der Waals surface area (Å²) < 4.78 is 27.5. The van der Waals surface area contributed by atoms with Crippen molar-refractivity contribution < 1.29 is 67.5 Å². The number of carbonyl (C=O) groups is 7. The minimum absolute atomic E-state index is 0.0452. The highest BCUT2D eigenvalue weighted by Gasteiger charge is 2.54. The molecule has 1 saturated heterocycles. The minimum Gasteiger partial charge on any atom is -0.479 e. The summed E-state index contributed by atoms with van der Waals surface area (Å²) in [5, 5.41) is 28.1. The van der Waals surface area contributed by atoms with Crippen molar-refractivity contribution in [3.8, 4) is 11.1 Å². The fourth-order valence-corrected chi connectivity index (χ4v) is 7.64. The van der Waals surface area contributed by atoms with Crippen LogP contribution in [-0.2, 0) is 65.5 Å². The van der Waals surface area contributed by atoms with Gasteiger partial charge in [-0.15, -0.1) is 0 Å². The number of hydrogen-bond acceptors (Lipinski definition) is 13. The number of ether oxygens (including phenoxy) is 5. The van der Waals surface area contributed by atoms with Gasteiger partial charge in [0.25, 0.3) is 0 Å². The molecule has 2 aliphatic rings. The molecular formula is C44H51N3O14. The number of nitrogens with one attached hydrogen (secondary N) is 3. The Bertz CT molecular complexity index is 2090. The van der Waals surface area contributed by atoms with E-state index in [0.717, 1.165) is 43.0 Å². The van der Waals surface area contributed by atoms with E-state index in [9.17, 15) is 43.8 Å². The van der Waals surface area contributed by atoms with Crippen LogP contribution in [0.4, 0.5) is 10.5 Å². The Labute approximate surface area is 352 Å². The third kappa shape index (κ3) is 11.3. The number of benzene rings is 3. The average molecular weight is 846 g/mol. The zero-order valence-corrected chi connectivity index (χ0v) is 34.7. The second-order valence-corrected chi connectivity index (χ2v) is 15.2. The number of aliphatic hydroxyl groups excluding tert-OH is 1. The molecule has 7 atom stereocenters. The molecule has 0 aromatic heterocycles. The molecule has 3 amide bonds. The highest BCUT2D eigenvalue weighted by Crippen LogP contribution is 2.44. The summed E-state index contributed by atoms with van der Waals surface area (Å²) in [6.45, 7) is 7.78. The highest BCUT2D eigenvalue weighted by molar-refractivity contribution is 5.98. The Morgan fingerprint density at radius 1 is 0.721 bits per heavy atom. The van der Waals surface area contributed by atoms with Gasteiger partial charge in [-0.2, -0.15) is 0 Å². The maximum absolute atomic E-state index is 13.4. The summed E-state index contributed by atoms with van der Waals surface area (Å²) in [7, 11) is 0. The summed E-state index contributed by atoms with van der Waals surface area (Å²) in [6.07, 6.45) is -8.32. The van der Waals surface area contributed by atoms with Gasteiger partial charge >= 0.3 is 30.0 Å². The molecule has 3 aromatic rings. The second-order valence-electron chi connectivity index (χ2n) is 15.2. The molecule has 1 aliphatic carbocycles. The molecule has 0 radical (unpaired) electrons. The number of aryl methyl sites for hydroxylation is 1. The Morgan fingerprint density at radius 2 is 1.30 bits per heavy atom. The van der Waals surface area contributed by atoms with Gasteiger partial charge in [-0.3, -0.25) is 24.0 Å². The molecule has 1 fully saturated rings. The van der Waals surface area contributed by atoms with E-state index in [4.69, 9.17) is 23.7 Å². The summed E-state index contributed by atoms with van der Waals surface area (Å²) in [4.78, 5) is 88.3. The normalized spacial score (nSPS) is 20.2. The summed E-state index contributed by atoms with van der Waals surface area (Å²) in [6, 6.07) is 18.4. The van der Waals surface area contributed by atoms with Crippen LogP contribution in [-0.4, -0.2) is 101 Å². The number of hydrogen-bond donors (Lipinski definition) is 5. The molecule has 1 unspecified atom stereocenters. The van der Waals surface area contributed by atoms with E-state index in [1.165, 1.54) is 13.0 Å². The molecule has 61 heavy (non-hydrogen) atoms. The van der Waals surface area contributed by atoms with E-state index in [-0.39, 0.29) is 37.0 Å². The number of alkyl carbamates (subject to hydrolysis) is 1. The van der Waals surface area contributed by atoms with Crippen LogP contribution in [0.15, 0.2) is 66.7 Å². The molecule has 326 valence electrons. The molecule has 1 heterocycles. The topological polar surface area (TPSA) is 242 Å². The molecule has 0 spiro atoms. The van der Waals surface area contributed by atoms with Crippen molar-refractivity contribution in [2.75, 3.05) is 11.9 Å². The van der Waals surface area contributed by atoms with Crippen molar-refractivity contribution in [2.45, 2.75) is 110 Å². The lowest BCUT2D eigenvalue weighted by atomic mass is 9.90. The second kappa shape index (κ2) is 20.3. The first-order chi connectivity index (χ1) is 29.0. The third-order valence-electron chi connectivity index (χ3n) is 10.4. The van der Waals surface area contributed by atoms with E-state index >= 15 is 0 Å². The number of anilines is 1. The van der Waals surface area contributed by atoms with Gasteiger partial charge in [0.1, 0.15) is 18.7 Å². The Balaban J connectivity index is 1.22. The molecule has 5 N–H and O–H groups in total. The van der Waals surface area contributed by atoms with Gasteiger partial charge < -0.3 is 49.8 Å². The van der Waals surface area contributed by atoms with Crippen LogP contribution < -0.4 is 16.0 Å². The first-order valence-electron chi connectivity index (χ1n) is 19.8. The van der Waals surface area contributed by atoms with Gasteiger partial charge in [0.15, 0.2) is 24.4 Å². The maximum Gasteiger partial charge on any atom is 0.407 e. The number of aliphatic hydroxyl groups is 1. The first-order valence-corrected chi connectivity index (χ1v) is 19.8. The van der Waals surface area contributed by atoms with Crippen LogP contribution in [0.25, 0.3) is 11.1 Å². The summed E-state index contributed by atoms with van der Waals surface area (Å²) in [5.74, 6) is -5.83. The standard InChI is InChI=1S/C44H51N3O14/c1-22(2)36(47-44(56)57-21-34-32-13-9-7-11-30(32)31-12-8-10-14-33(31)34)42(53)45-23(3)41(52)46-29-17-15-28(20-48)27(19-29)16-18-35-37(58-24(4)49)38(59-25(5)50)39(60-26(6)51)40(61-35)43(54)55/h7-15,17,19,22-23,34-40,48H,16,18,20-21H2,1-6H3,(H,45,53)(H,46,52)(H,47,56)(H,54,55)/t23-,35-,36-,37-,38+,39-,40?/m0/s1. The average Bonchev–Trinajstić information content (AvgIpc) is 3.52. The van der Waals surface area contributed by atoms with Gasteiger partial charge in [-0.1, -0.05) is 68.4 Å². The van der Waals surface area contributed by atoms with Crippen LogP contribution in [0.3, 0.4) is 0 Å². The lowest BCUT2D eigenvalue weighted by molar-refractivity contribution is -0.248. The number of carbonyl (C=O) groups excluding carboxylic acids is 6. The molecular weight excluding hydrogens is 794 g/mol. The van der Waals surface area contributed by atoms with Crippen LogP contribution >= 0.6 is 0 Å². The fraction of sp³-hybridized carbons (Fsp3) is 0.432. The van der Waals surface area contributed by atoms with Gasteiger partial charge in [0.05, 0.1) is 12.7 Å². The van der Waals surface area contributed by atoms with E-state index in [1.807, 2.05) is 48.5 Å². The van der Waals surface area contributed by atoms with Crippen molar-refractivity contribution in [3.05, 3.63) is 89.0 Å². The van der Waals surface area contributed by atoms with E-state index in [0.29, 0.717) is 11.1 Å². The zero-order chi connectivity index (χ0) is 44.5. The van der Waals surface area contributed by atoms with Crippen LogP contribution in [0, 0.1) is 5.92 Å². The number of amides is 3. The highest BCUT2D eigenvalue weighted by atomic mass is 16.7. The van der Waals surface area contributed by atoms with Crippen molar-refractivity contribution in [1.29, 1.82) is 0 Å². The number of rotatable bonds is 16. The molecule has 5 rings (SSSR count). The van der Waals surface area contributed by atoms with Crippen LogP contribution in [0.2, 0.25) is 0 Å². The van der Waals surface area contributed by atoms with E-state index < -0.39 is 91.0 Å². The fourth-order valence-electron chi connectivity index (χ4n) is 7.64. The SMILES string of the molecule is CC(=O)O[C@@H]1[C@@H](OC(C)=O)[C@H](OC(C)=O)C(C(=O)O)O[C@H]1CCc1cc(NC(=O)[C@H](C)NC(=O)[C@@H](NC(=O)OCC2c3ccccc3-c3ccccc32)C(C)C)ccc1CO. The zero-order valence-electron chi connectivity index (χ0n) is 34.7. The largest absolute Gasteiger partial charge is 0.479 e. The summed E-state index contributed by atoms with van der Waals surface area (Å²) >= 11 is 0. The number of carboxylic acid groups (broad SMARTS) is 1. The van der Waals surface area contributed by atoms with Crippen molar-refractivity contribution in [2.24, 2.45) is 5.92 Å². The first kappa shape index (κ1) is 45.7. The number of fused-ring (bicyclic) bond motifs is 3. The summed E-state index contributed by atoms with van der Waals surface area (Å²) in [5.41, 5.74) is 5.45. The molecule has 17 nitrogen and oxygen atoms in total. The van der Waals surface area contributed by atoms with Crippen molar-refractivity contribution >= 4 is 47.5 Å². The third-order valence-corrected chi connectivity index (χ3v) is 10.4. The molecule has 0 saturated carbocycles. The Hall–Kier alpha value is -6.33. The smallest absolute Gasteiger partial charge is 0.407 e. The minimum atomic E-state index is -1.80. The molecule has 0 bridgehead atoms. The predicted molar refractivity (Wildman–Crippen MR) is 217 cm³/mol. The number of esters is 3. The lowest BCUT2D eigenvalue weighted by Gasteiger charge is -2.43. The van der Waals surface area contributed by atoms with Crippen molar-refractivity contribution in [1.82, 2.24) is 10.6 Å². The molecule has 3 aromatic carbocycles. The number of carboxylic acids is 1. The van der Waals surface area contributed by atoms with Gasteiger partial charge in [0.2, 0.25) is 11.8 Å². The van der Waals surface area contributed by atoms with Crippen LogP contribution in [0.5, 0.6) is 0 Å². The molecule has 17 heteroatoms. The quantitative estimate of drug-likeness (QED) is 0.102. The molecule has 1 aliphatic heterocycles. The van der Waals surface area contributed by atoms with Gasteiger partial charge in [-0.05, 0) is 71.2 Å². The Morgan fingerprint density at radius 3 is 1.85 bits per heavy atom. The van der Waals surface area contributed by atoms with E-state index in [2.05, 4.69) is 16.0 Å². The Kier molecular flexibility index (Phi) is 15.2. The monoisotopic (exact) mass is 845 g/mol. The van der Waals surface area contributed by atoms with E-state index in [1.54, 1.807) is 26.0 Å². The van der Waals surface area contributed by atoms with Crippen LogP contribution in [0.1, 0.15) is 76.1 Å². The predicted octanol–water partition coefficient (Wildman–Crippen LogP) is 3.77.